The second-order valence-corrected chi connectivity index (χ2v) is 7.47. The number of hydrogen-bond donors (Lipinski definition) is 0. The molecule has 0 saturated carbocycles. The van der Waals surface area contributed by atoms with Gasteiger partial charge in [-0.05, 0) is 54.8 Å². The number of nitrogens with zero attached hydrogens (tertiary/aromatic N) is 2. The number of halogens is 2. The fourth-order valence-corrected chi connectivity index (χ4v) is 3.70. The summed E-state index contributed by atoms with van der Waals surface area (Å²) in [7, 11) is 0. The van der Waals surface area contributed by atoms with Crippen molar-refractivity contribution < 1.29 is 22.4 Å². The summed E-state index contributed by atoms with van der Waals surface area (Å²) in [5.74, 6) is 0.737. The van der Waals surface area contributed by atoms with Gasteiger partial charge in [0.2, 0.25) is 5.89 Å². The summed E-state index contributed by atoms with van der Waals surface area (Å²) in [6.07, 6.45) is 0. The molecule has 0 radical (unpaired) electrons. The van der Waals surface area contributed by atoms with Gasteiger partial charge in [-0.15, -0.1) is 10.2 Å². The molecule has 2 aromatic carbocycles. The first-order chi connectivity index (χ1) is 14.4. The lowest BCUT2D eigenvalue weighted by Crippen LogP contribution is -2.01. The first kappa shape index (κ1) is 20.1. The molecule has 0 amide bonds. The molecule has 0 unspecified atom stereocenters. The van der Waals surface area contributed by atoms with Crippen LogP contribution in [0.5, 0.6) is 5.75 Å². The fraction of sp³-hybridized carbons (Fsp3) is 0.190. The van der Waals surface area contributed by atoms with Crippen molar-refractivity contribution >= 4 is 22.7 Å². The molecule has 30 heavy (non-hydrogen) atoms. The molecule has 4 aromatic rings. The number of hydrogen-bond acceptors (Lipinski definition) is 7. The Labute approximate surface area is 173 Å². The Morgan fingerprint density at radius 3 is 2.57 bits per heavy atom. The van der Waals surface area contributed by atoms with Crippen molar-refractivity contribution in [2.75, 3.05) is 0 Å². The maximum Gasteiger partial charge on any atom is 0.387 e. The van der Waals surface area contributed by atoms with E-state index in [4.69, 9.17) is 8.83 Å². The van der Waals surface area contributed by atoms with Crippen molar-refractivity contribution in [1.29, 1.82) is 0 Å². The van der Waals surface area contributed by atoms with Crippen molar-refractivity contribution in [3.8, 4) is 17.2 Å². The average Bonchev–Trinajstić information content (AvgIpc) is 3.18. The molecule has 9 heteroatoms. The predicted octanol–water partition coefficient (Wildman–Crippen LogP) is 5.35. The summed E-state index contributed by atoms with van der Waals surface area (Å²) < 4.78 is 39.8. The number of benzene rings is 2. The van der Waals surface area contributed by atoms with Gasteiger partial charge in [0.15, 0.2) is 0 Å². The minimum atomic E-state index is -2.88. The maximum atomic E-state index is 12.2. The van der Waals surface area contributed by atoms with Gasteiger partial charge in [-0.1, -0.05) is 23.9 Å². The number of fused-ring (bicyclic) bond motifs is 1. The van der Waals surface area contributed by atoms with E-state index in [2.05, 4.69) is 14.9 Å². The standard InChI is InChI=1S/C21H16F2N2O4S/c1-11-3-8-16-14(9-17(26)28-18(16)12(11)2)10-30-21-25-24-19(29-21)13-4-6-15(7-5-13)27-20(22)23/h3-9,20H,10H2,1-2H3. The summed E-state index contributed by atoms with van der Waals surface area (Å²) in [4.78, 5) is 12.0. The van der Waals surface area contributed by atoms with E-state index in [1.807, 2.05) is 26.0 Å². The average molecular weight is 430 g/mol. The highest BCUT2D eigenvalue weighted by molar-refractivity contribution is 7.98. The second kappa shape index (κ2) is 8.27. The maximum absolute atomic E-state index is 12.2. The second-order valence-electron chi connectivity index (χ2n) is 6.54. The third-order valence-corrected chi connectivity index (χ3v) is 5.47. The molecule has 0 saturated heterocycles. The Morgan fingerprint density at radius 2 is 1.83 bits per heavy atom. The van der Waals surface area contributed by atoms with Crippen LogP contribution in [-0.4, -0.2) is 16.8 Å². The summed E-state index contributed by atoms with van der Waals surface area (Å²) in [5.41, 5.74) is 3.52. The van der Waals surface area contributed by atoms with Gasteiger partial charge in [0.1, 0.15) is 11.3 Å². The van der Waals surface area contributed by atoms with Crippen LogP contribution in [0.4, 0.5) is 8.78 Å². The van der Waals surface area contributed by atoms with Crippen LogP contribution in [0.2, 0.25) is 0 Å². The Hall–Kier alpha value is -3.20. The van der Waals surface area contributed by atoms with Crippen LogP contribution in [0, 0.1) is 13.8 Å². The zero-order valence-corrected chi connectivity index (χ0v) is 16.8. The largest absolute Gasteiger partial charge is 0.435 e. The number of aromatic nitrogens is 2. The topological polar surface area (TPSA) is 78.4 Å². The zero-order valence-electron chi connectivity index (χ0n) is 16.0. The van der Waals surface area contributed by atoms with Gasteiger partial charge in [0, 0.05) is 22.8 Å². The number of rotatable bonds is 6. The Bertz CT molecular complexity index is 1250. The van der Waals surface area contributed by atoms with Gasteiger partial charge in [0.25, 0.3) is 5.22 Å². The molecule has 0 bridgehead atoms. The first-order valence-corrected chi connectivity index (χ1v) is 9.94. The monoisotopic (exact) mass is 430 g/mol. The SMILES string of the molecule is Cc1ccc2c(CSc3nnc(-c4ccc(OC(F)F)cc4)o3)cc(=O)oc2c1C. The van der Waals surface area contributed by atoms with Gasteiger partial charge < -0.3 is 13.6 Å². The van der Waals surface area contributed by atoms with Crippen LogP contribution in [0.15, 0.2) is 61.3 Å². The van der Waals surface area contributed by atoms with E-state index in [0.29, 0.717) is 22.1 Å². The van der Waals surface area contributed by atoms with Gasteiger partial charge in [0.05, 0.1) is 0 Å². The van der Waals surface area contributed by atoms with Crippen LogP contribution in [0.3, 0.4) is 0 Å². The van der Waals surface area contributed by atoms with Gasteiger partial charge >= 0.3 is 12.2 Å². The number of aryl methyl sites for hydroxylation is 2. The fourth-order valence-electron chi connectivity index (χ4n) is 2.95. The lowest BCUT2D eigenvalue weighted by molar-refractivity contribution is -0.0498. The van der Waals surface area contributed by atoms with E-state index in [-0.39, 0.29) is 11.6 Å². The molecule has 0 N–H and O–H groups in total. The molecule has 2 heterocycles. The van der Waals surface area contributed by atoms with Gasteiger partial charge in [-0.2, -0.15) is 8.78 Å². The van der Waals surface area contributed by atoms with Crippen LogP contribution in [0.25, 0.3) is 22.4 Å². The molecule has 0 spiro atoms. The van der Waals surface area contributed by atoms with Crippen LogP contribution < -0.4 is 10.4 Å². The third kappa shape index (κ3) is 4.20. The van der Waals surface area contributed by atoms with E-state index < -0.39 is 12.2 Å². The molecule has 154 valence electrons. The number of ether oxygens (including phenoxy) is 1. The van der Waals surface area contributed by atoms with Crippen molar-refractivity contribution in [2.24, 2.45) is 0 Å². The minimum absolute atomic E-state index is 0.0446. The van der Waals surface area contributed by atoms with Crippen LogP contribution in [-0.2, 0) is 5.75 Å². The summed E-state index contributed by atoms with van der Waals surface area (Å²) in [6.45, 7) is 0.994. The molecule has 0 fully saturated rings. The van der Waals surface area contributed by atoms with E-state index in [0.717, 1.165) is 22.1 Å². The number of alkyl halides is 2. The summed E-state index contributed by atoms with van der Waals surface area (Å²) in [6, 6.07) is 11.3. The lowest BCUT2D eigenvalue weighted by atomic mass is 10.0. The molecule has 0 atom stereocenters. The minimum Gasteiger partial charge on any atom is -0.435 e. The highest BCUT2D eigenvalue weighted by atomic mass is 32.2. The Morgan fingerprint density at radius 1 is 1.07 bits per heavy atom. The lowest BCUT2D eigenvalue weighted by Gasteiger charge is -2.07. The molecule has 6 nitrogen and oxygen atoms in total. The van der Waals surface area contributed by atoms with Crippen molar-refractivity contribution in [3.05, 3.63) is 69.6 Å². The van der Waals surface area contributed by atoms with Crippen molar-refractivity contribution in [1.82, 2.24) is 10.2 Å². The summed E-state index contributed by atoms with van der Waals surface area (Å²) in [5, 5.41) is 9.18. The van der Waals surface area contributed by atoms with Crippen LogP contribution >= 0.6 is 11.8 Å². The molecule has 0 aliphatic carbocycles. The first-order valence-electron chi connectivity index (χ1n) is 8.95. The van der Waals surface area contributed by atoms with E-state index in [1.165, 1.54) is 30.0 Å². The number of thioether (sulfide) groups is 1. The molecule has 0 aliphatic rings. The molecular weight excluding hydrogens is 414 g/mol. The highest BCUT2D eigenvalue weighted by Crippen LogP contribution is 2.30. The van der Waals surface area contributed by atoms with Crippen molar-refractivity contribution in [2.45, 2.75) is 31.4 Å². The zero-order chi connectivity index (χ0) is 21.3. The van der Waals surface area contributed by atoms with Crippen molar-refractivity contribution in [3.63, 3.8) is 0 Å². The van der Waals surface area contributed by atoms with Gasteiger partial charge in [-0.3, -0.25) is 0 Å². The van der Waals surface area contributed by atoms with E-state index in [9.17, 15) is 13.6 Å². The summed E-state index contributed by atoms with van der Waals surface area (Å²) >= 11 is 1.29. The molecule has 2 aromatic heterocycles. The molecule has 0 aliphatic heterocycles. The Kier molecular flexibility index (Phi) is 5.54. The van der Waals surface area contributed by atoms with E-state index >= 15 is 0 Å². The smallest absolute Gasteiger partial charge is 0.387 e. The predicted molar refractivity (Wildman–Crippen MR) is 108 cm³/mol. The third-order valence-electron chi connectivity index (χ3n) is 4.60. The van der Waals surface area contributed by atoms with E-state index in [1.54, 1.807) is 12.1 Å². The Balaban J connectivity index is 1.53. The molecular formula is C21H16F2N2O4S. The van der Waals surface area contributed by atoms with Gasteiger partial charge in [-0.25, -0.2) is 4.79 Å². The highest BCUT2D eigenvalue weighted by Gasteiger charge is 2.13. The molecule has 4 rings (SSSR count). The normalized spacial score (nSPS) is 11.4. The van der Waals surface area contributed by atoms with Crippen LogP contribution in [0.1, 0.15) is 16.7 Å². The quantitative estimate of drug-likeness (QED) is 0.301.